The number of nitrogen functional groups attached to an aromatic ring is 1. The van der Waals surface area contributed by atoms with Crippen LogP contribution in [0.3, 0.4) is 0 Å². The van der Waals surface area contributed by atoms with E-state index in [1.807, 2.05) is 0 Å². The first-order valence-corrected chi connectivity index (χ1v) is 9.08. The van der Waals surface area contributed by atoms with E-state index in [0.717, 1.165) is 4.57 Å². The lowest BCUT2D eigenvalue weighted by Gasteiger charge is -2.09. The molecule has 0 amide bonds. The first-order chi connectivity index (χ1) is 12.3. The maximum atomic E-state index is 12.0. The molecule has 2 aromatic heterocycles. The average molecular weight is 413 g/mol. The maximum Gasteiger partial charge on any atom is 0.330 e. The number of rotatable bonds is 4. The van der Waals surface area contributed by atoms with Crippen molar-refractivity contribution in [1.29, 1.82) is 0 Å². The summed E-state index contributed by atoms with van der Waals surface area (Å²) < 4.78 is 3.75. The molecular weight excluding hydrogens is 399 g/mol. The average Bonchev–Trinajstić information content (AvgIpc) is 2.96. The Morgan fingerprint density at radius 2 is 1.85 bits per heavy atom. The van der Waals surface area contributed by atoms with Crippen molar-refractivity contribution in [1.82, 2.24) is 24.0 Å². The minimum atomic E-state index is -0.393. The molecule has 136 valence electrons. The number of aromatic nitrogens is 5. The van der Waals surface area contributed by atoms with Gasteiger partial charge in [0.15, 0.2) is 5.82 Å². The molecule has 0 saturated heterocycles. The first kappa shape index (κ1) is 18.6. The Morgan fingerprint density at radius 1 is 1.12 bits per heavy atom. The summed E-state index contributed by atoms with van der Waals surface area (Å²) in [5.41, 5.74) is 0.388. The van der Waals surface area contributed by atoms with Crippen molar-refractivity contribution in [3.8, 4) is 11.4 Å². The molecule has 26 heavy (non-hydrogen) atoms. The summed E-state index contributed by atoms with van der Waals surface area (Å²) in [4.78, 5) is 23.8. The van der Waals surface area contributed by atoms with Gasteiger partial charge in [0.1, 0.15) is 0 Å². The van der Waals surface area contributed by atoms with E-state index in [1.54, 1.807) is 25.2 Å². The summed E-state index contributed by atoms with van der Waals surface area (Å²) in [7, 11) is 3.03. The van der Waals surface area contributed by atoms with Gasteiger partial charge in [-0.15, -0.1) is 10.2 Å². The highest BCUT2D eigenvalue weighted by atomic mass is 35.5. The number of hydrogen-bond donors (Lipinski definition) is 1. The predicted molar refractivity (Wildman–Crippen MR) is 102 cm³/mol. The van der Waals surface area contributed by atoms with Crippen molar-refractivity contribution in [2.24, 2.45) is 14.1 Å². The Bertz CT molecular complexity index is 1100. The van der Waals surface area contributed by atoms with E-state index in [-0.39, 0.29) is 5.56 Å². The molecule has 0 aliphatic carbocycles. The quantitative estimate of drug-likeness (QED) is 0.516. The van der Waals surface area contributed by atoms with E-state index in [4.69, 9.17) is 29.0 Å². The van der Waals surface area contributed by atoms with E-state index in [2.05, 4.69) is 10.2 Å². The van der Waals surface area contributed by atoms with Gasteiger partial charge in [-0.3, -0.25) is 13.9 Å². The van der Waals surface area contributed by atoms with Crippen LogP contribution in [0.15, 0.2) is 39.0 Å². The lowest BCUT2D eigenvalue weighted by molar-refractivity contribution is 0.664. The summed E-state index contributed by atoms with van der Waals surface area (Å²) in [6, 6.07) is 6.38. The van der Waals surface area contributed by atoms with Gasteiger partial charge < -0.3 is 5.84 Å². The normalized spacial score (nSPS) is 11.1. The summed E-state index contributed by atoms with van der Waals surface area (Å²) in [6.45, 7) is 0. The van der Waals surface area contributed by atoms with Crippen LogP contribution in [0, 0.1) is 0 Å². The van der Waals surface area contributed by atoms with Crippen molar-refractivity contribution in [3.63, 3.8) is 0 Å². The van der Waals surface area contributed by atoms with E-state index in [0.29, 0.717) is 38.0 Å². The van der Waals surface area contributed by atoms with Gasteiger partial charge >= 0.3 is 5.69 Å². The van der Waals surface area contributed by atoms with Crippen LogP contribution in [0.2, 0.25) is 10.0 Å². The molecule has 0 spiro atoms. The molecule has 2 N–H and O–H groups in total. The molecular formula is C15H14Cl2N6O2S. The summed E-state index contributed by atoms with van der Waals surface area (Å²) >= 11 is 13.3. The molecule has 3 aromatic rings. The zero-order chi connectivity index (χ0) is 19.0. The fraction of sp³-hybridized carbons (Fsp3) is 0.200. The zero-order valence-electron chi connectivity index (χ0n) is 13.8. The van der Waals surface area contributed by atoms with Gasteiger partial charge in [0.25, 0.3) is 5.56 Å². The van der Waals surface area contributed by atoms with Crippen LogP contribution in [0.1, 0.15) is 5.69 Å². The number of halogens is 2. The monoisotopic (exact) mass is 412 g/mol. The van der Waals surface area contributed by atoms with E-state index < -0.39 is 5.69 Å². The van der Waals surface area contributed by atoms with E-state index in [9.17, 15) is 9.59 Å². The molecule has 2 heterocycles. The second kappa shape index (κ2) is 7.18. The number of nitrogens with two attached hydrogens (primary N) is 1. The van der Waals surface area contributed by atoms with Crippen molar-refractivity contribution in [3.05, 3.63) is 60.8 Å². The van der Waals surface area contributed by atoms with Gasteiger partial charge in [0, 0.05) is 42.2 Å². The van der Waals surface area contributed by atoms with Crippen LogP contribution in [-0.4, -0.2) is 24.0 Å². The van der Waals surface area contributed by atoms with Crippen LogP contribution >= 0.6 is 35.0 Å². The fourth-order valence-corrected chi connectivity index (χ4v) is 3.66. The Balaban J connectivity index is 1.88. The van der Waals surface area contributed by atoms with Crippen LogP contribution < -0.4 is 17.1 Å². The molecule has 0 radical (unpaired) electrons. The van der Waals surface area contributed by atoms with Crippen LogP contribution in [0.4, 0.5) is 0 Å². The Hall–Kier alpha value is -2.23. The van der Waals surface area contributed by atoms with Gasteiger partial charge in [0.2, 0.25) is 5.16 Å². The molecule has 0 bridgehead atoms. The van der Waals surface area contributed by atoms with Crippen molar-refractivity contribution in [2.75, 3.05) is 5.84 Å². The maximum absolute atomic E-state index is 12.0. The number of benzene rings is 1. The molecule has 0 saturated carbocycles. The van der Waals surface area contributed by atoms with E-state index in [1.165, 1.54) is 34.1 Å². The third-order valence-corrected chi connectivity index (χ3v) is 5.34. The van der Waals surface area contributed by atoms with Crippen molar-refractivity contribution >= 4 is 35.0 Å². The van der Waals surface area contributed by atoms with Crippen molar-refractivity contribution in [2.45, 2.75) is 10.9 Å². The number of thioether (sulfide) groups is 1. The molecule has 1 aromatic carbocycles. The smallest absolute Gasteiger partial charge is 0.330 e. The molecule has 0 atom stereocenters. The highest BCUT2D eigenvalue weighted by Crippen LogP contribution is 2.30. The standard InChI is InChI=1S/C15H14Cl2N6O2S/c1-21-9(6-12(24)22(2)15(21)25)7-26-14-20-19-13(23(14)18)10-4-3-8(16)5-11(10)17/h3-6H,7,18H2,1-2H3. The minimum Gasteiger partial charge on any atom is -0.335 e. The van der Waals surface area contributed by atoms with Gasteiger partial charge in [-0.05, 0) is 18.2 Å². The molecule has 0 fully saturated rings. The van der Waals surface area contributed by atoms with Crippen LogP contribution in [0.25, 0.3) is 11.4 Å². The van der Waals surface area contributed by atoms with Crippen LogP contribution in [0.5, 0.6) is 0 Å². The third-order valence-electron chi connectivity index (χ3n) is 3.81. The largest absolute Gasteiger partial charge is 0.335 e. The van der Waals surface area contributed by atoms with Gasteiger partial charge in [-0.2, -0.15) is 0 Å². The molecule has 8 nitrogen and oxygen atoms in total. The summed E-state index contributed by atoms with van der Waals surface area (Å²) in [6.07, 6.45) is 0. The third kappa shape index (κ3) is 3.37. The van der Waals surface area contributed by atoms with Crippen LogP contribution in [-0.2, 0) is 19.8 Å². The minimum absolute atomic E-state index is 0.325. The van der Waals surface area contributed by atoms with Gasteiger partial charge in [-0.25, -0.2) is 9.47 Å². The molecule has 0 unspecified atom stereocenters. The predicted octanol–water partition coefficient (Wildman–Crippen LogP) is 1.66. The van der Waals surface area contributed by atoms with Gasteiger partial charge in [-0.1, -0.05) is 35.0 Å². The topological polar surface area (TPSA) is 101 Å². The summed E-state index contributed by atoms with van der Waals surface area (Å²) in [5.74, 6) is 6.78. The lowest BCUT2D eigenvalue weighted by atomic mass is 10.2. The Morgan fingerprint density at radius 3 is 2.54 bits per heavy atom. The number of nitrogens with zero attached hydrogens (tertiary/aromatic N) is 5. The molecule has 0 aliphatic heterocycles. The molecule has 3 rings (SSSR count). The molecule has 0 aliphatic rings. The first-order valence-electron chi connectivity index (χ1n) is 7.34. The van der Waals surface area contributed by atoms with Crippen molar-refractivity contribution < 1.29 is 0 Å². The second-order valence-corrected chi connectivity index (χ2v) is 7.25. The number of hydrogen-bond acceptors (Lipinski definition) is 6. The Kier molecular flexibility index (Phi) is 5.12. The van der Waals surface area contributed by atoms with E-state index >= 15 is 0 Å². The Labute approximate surface area is 162 Å². The SMILES string of the molecule is Cn1c(CSc2nnc(-c3ccc(Cl)cc3Cl)n2N)cc(=O)n(C)c1=O. The fourth-order valence-electron chi connectivity index (χ4n) is 2.29. The van der Waals surface area contributed by atoms with Gasteiger partial charge in [0.05, 0.1) is 5.02 Å². The lowest BCUT2D eigenvalue weighted by Crippen LogP contribution is -2.37. The highest BCUT2D eigenvalue weighted by Gasteiger charge is 2.16. The summed E-state index contributed by atoms with van der Waals surface area (Å²) in [5, 5.41) is 9.44. The zero-order valence-corrected chi connectivity index (χ0v) is 16.1. The second-order valence-electron chi connectivity index (χ2n) is 5.46. The molecule has 11 heteroatoms. The highest BCUT2D eigenvalue weighted by molar-refractivity contribution is 7.98.